The minimum atomic E-state index is -1.27. The van der Waals surface area contributed by atoms with Gasteiger partial charge >= 0.3 is 5.97 Å². The molecule has 1 rings (SSSR count). The average molecular weight is 345 g/mol. The van der Waals surface area contributed by atoms with Crippen molar-refractivity contribution in [3.8, 4) is 0 Å². The Morgan fingerprint density at radius 3 is 2.58 bits per heavy atom. The lowest BCUT2D eigenvalue weighted by Crippen LogP contribution is -2.02. The number of hydrogen-bond donors (Lipinski definition) is 1. The SMILES string of the molecule is O=C(O)c1c(F)ccc(I)c1Br. The van der Waals surface area contributed by atoms with E-state index in [1.165, 1.54) is 6.07 Å². The van der Waals surface area contributed by atoms with Gasteiger partial charge in [0.05, 0.1) is 0 Å². The molecular formula is C7H3BrFIO2. The Morgan fingerprint density at radius 2 is 2.17 bits per heavy atom. The van der Waals surface area contributed by atoms with E-state index >= 15 is 0 Å². The minimum Gasteiger partial charge on any atom is -0.478 e. The first-order valence-electron chi connectivity index (χ1n) is 2.91. The van der Waals surface area contributed by atoms with E-state index in [4.69, 9.17) is 5.11 Å². The van der Waals surface area contributed by atoms with Gasteiger partial charge in [-0.05, 0) is 50.7 Å². The highest BCUT2D eigenvalue weighted by Crippen LogP contribution is 2.25. The van der Waals surface area contributed by atoms with Gasteiger partial charge in [-0.15, -0.1) is 0 Å². The molecule has 0 heterocycles. The molecule has 12 heavy (non-hydrogen) atoms. The largest absolute Gasteiger partial charge is 0.478 e. The zero-order valence-corrected chi connectivity index (χ0v) is 9.39. The molecule has 1 aromatic carbocycles. The Kier molecular flexibility index (Phi) is 3.05. The molecule has 0 saturated heterocycles. The summed E-state index contributed by atoms with van der Waals surface area (Å²) in [5.74, 6) is -1.99. The fourth-order valence-electron chi connectivity index (χ4n) is 0.723. The Labute approximate surface area is 90.0 Å². The molecule has 1 aromatic rings. The van der Waals surface area contributed by atoms with Gasteiger partial charge in [-0.2, -0.15) is 0 Å². The second-order valence-corrected chi connectivity index (χ2v) is 3.98. The van der Waals surface area contributed by atoms with Gasteiger partial charge in [-0.3, -0.25) is 0 Å². The third kappa shape index (κ3) is 1.77. The second-order valence-electron chi connectivity index (χ2n) is 2.02. The number of halogens is 3. The van der Waals surface area contributed by atoms with E-state index in [9.17, 15) is 9.18 Å². The predicted octanol–water partition coefficient (Wildman–Crippen LogP) is 2.89. The van der Waals surface area contributed by atoms with E-state index in [1.807, 2.05) is 22.6 Å². The van der Waals surface area contributed by atoms with E-state index in [0.717, 1.165) is 6.07 Å². The summed E-state index contributed by atoms with van der Waals surface area (Å²) in [7, 11) is 0. The Hall–Kier alpha value is -0.170. The van der Waals surface area contributed by atoms with Gasteiger partial charge in [0.25, 0.3) is 0 Å². The van der Waals surface area contributed by atoms with Crippen LogP contribution in [0.1, 0.15) is 10.4 Å². The van der Waals surface area contributed by atoms with E-state index in [1.54, 1.807) is 0 Å². The molecule has 0 aromatic heterocycles. The highest BCUT2D eigenvalue weighted by molar-refractivity contribution is 14.1. The topological polar surface area (TPSA) is 37.3 Å². The monoisotopic (exact) mass is 344 g/mol. The first-order valence-corrected chi connectivity index (χ1v) is 4.78. The van der Waals surface area contributed by atoms with Crippen LogP contribution in [0.5, 0.6) is 0 Å². The zero-order chi connectivity index (χ0) is 9.30. The smallest absolute Gasteiger partial charge is 0.339 e. The summed E-state index contributed by atoms with van der Waals surface area (Å²) in [4.78, 5) is 10.5. The summed E-state index contributed by atoms with van der Waals surface area (Å²) in [5.41, 5.74) is -0.318. The fraction of sp³-hybridized carbons (Fsp3) is 0. The number of carbonyl (C=O) groups is 1. The molecule has 0 spiro atoms. The maximum atomic E-state index is 12.9. The molecule has 0 aliphatic rings. The fourth-order valence-corrected chi connectivity index (χ4v) is 1.66. The first-order chi connectivity index (χ1) is 5.54. The molecule has 0 radical (unpaired) electrons. The molecule has 0 fully saturated rings. The minimum absolute atomic E-state index is 0.288. The van der Waals surface area contributed by atoms with Gasteiger partial charge in [0.2, 0.25) is 0 Å². The number of carboxylic acid groups (broad SMARTS) is 1. The first kappa shape index (κ1) is 9.91. The van der Waals surface area contributed by atoms with Crippen LogP contribution in [0.15, 0.2) is 16.6 Å². The van der Waals surface area contributed by atoms with Crippen LogP contribution in [-0.4, -0.2) is 11.1 Å². The van der Waals surface area contributed by atoms with Crippen LogP contribution in [0.25, 0.3) is 0 Å². The van der Waals surface area contributed by atoms with Crippen molar-refractivity contribution >= 4 is 44.5 Å². The maximum absolute atomic E-state index is 12.9. The normalized spacial score (nSPS) is 9.92. The Balaban J connectivity index is 3.43. The van der Waals surface area contributed by atoms with Crippen LogP contribution in [0.3, 0.4) is 0 Å². The summed E-state index contributed by atoms with van der Waals surface area (Å²) in [6.07, 6.45) is 0. The van der Waals surface area contributed by atoms with Gasteiger partial charge in [-0.1, -0.05) is 0 Å². The van der Waals surface area contributed by atoms with E-state index in [0.29, 0.717) is 3.57 Å². The molecule has 0 aliphatic carbocycles. The van der Waals surface area contributed by atoms with Gasteiger partial charge in [0, 0.05) is 8.04 Å². The molecule has 5 heteroatoms. The third-order valence-corrected chi connectivity index (χ3v) is 3.72. The number of aromatic carboxylic acids is 1. The molecule has 0 aliphatic heterocycles. The van der Waals surface area contributed by atoms with Crippen molar-refractivity contribution in [3.63, 3.8) is 0 Å². The van der Waals surface area contributed by atoms with Gasteiger partial charge < -0.3 is 5.11 Å². The Bertz CT molecular complexity index is 340. The van der Waals surface area contributed by atoms with Crippen molar-refractivity contribution in [2.24, 2.45) is 0 Å². The van der Waals surface area contributed by atoms with Gasteiger partial charge in [-0.25, -0.2) is 9.18 Å². The lowest BCUT2D eigenvalue weighted by molar-refractivity contribution is 0.0690. The van der Waals surface area contributed by atoms with Crippen LogP contribution < -0.4 is 0 Å². The second kappa shape index (κ2) is 3.69. The standard InChI is InChI=1S/C7H3BrFIO2/c8-6-4(10)2-1-3(9)5(6)7(11)12/h1-2H,(H,11,12). The third-order valence-electron chi connectivity index (χ3n) is 1.26. The molecule has 0 unspecified atom stereocenters. The molecule has 0 amide bonds. The number of hydrogen-bond acceptors (Lipinski definition) is 1. The van der Waals surface area contributed by atoms with Crippen molar-refractivity contribution in [3.05, 3.63) is 31.6 Å². The molecule has 1 N–H and O–H groups in total. The van der Waals surface area contributed by atoms with Gasteiger partial charge in [0.1, 0.15) is 11.4 Å². The molecule has 2 nitrogen and oxygen atoms in total. The highest BCUT2D eigenvalue weighted by atomic mass is 127. The zero-order valence-electron chi connectivity index (χ0n) is 5.64. The van der Waals surface area contributed by atoms with Gasteiger partial charge in [0.15, 0.2) is 0 Å². The lowest BCUT2D eigenvalue weighted by Gasteiger charge is -2.01. The molecule has 0 saturated carbocycles. The quantitative estimate of drug-likeness (QED) is 0.628. The number of rotatable bonds is 1. The summed E-state index contributed by atoms with van der Waals surface area (Å²) in [5, 5.41) is 8.60. The van der Waals surface area contributed by atoms with Crippen LogP contribution in [0.4, 0.5) is 4.39 Å². The van der Waals surface area contributed by atoms with Crippen molar-refractivity contribution < 1.29 is 14.3 Å². The maximum Gasteiger partial charge on any atom is 0.339 e. The van der Waals surface area contributed by atoms with Crippen molar-refractivity contribution in [2.45, 2.75) is 0 Å². The number of carboxylic acids is 1. The summed E-state index contributed by atoms with van der Waals surface area (Å²) >= 11 is 4.93. The summed E-state index contributed by atoms with van der Waals surface area (Å²) < 4.78 is 13.8. The number of benzene rings is 1. The van der Waals surface area contributed by atoms with Crippen LogP contribution in [0, 0.1) is 9.39 Å². The van der Waals surface area contributed by atoms with Crippen LogP contribution >= 0.6 is 38.5 Å². The van der Waals surface area contributed by atoms with Crippen LogP contribution in [-0.2, 0) is 0 Å². The lowest BCUT2D eigenvalue weighted by atomic mass is 10.2. The van der Waals surface area contributed by atoms with E-state index in [-0.39, 0.29) is 10.0 Å². The average Bonchev–Trinajstić information content (AvgIpc) is 1.97. The highest BCUT2D eigenvalue weighted by Gasteiger charge is 2.16. The van der Waals surface area contributed by atoms with Crippen molar-refractivity contribution in [1.82, 2.24) is 0 Å². The molecule has 0 atom stereocenters. The molecule has 0 bridgehead atoms. The molecular weight excluding hydrogens is 342 g/mol. The van der Waals surface area contributed by atoms with Crippen molar-refractivity contribution in [2.75, 3.05) is 0 Å². The Morgan fingerprint density at radius 1 is 1.58 bits per heavy atom. The summed E-state index contributed by atoms with van der Waals surface area (Å²) in [6, 6.07) is 2.64. The predicted molar refractivity (Wildman–Crippen MR) is 53.8 cm³/mol. The summed E-state index contributed by atoms with van der Waals surface area (Å²) in [6.45, 7) is 0. The van der Waals surface area contributed by atoms with E-state index < -0.39 is 11.8 Å². The van der Waals surface area contributed by atoms with Crippen molar-refractivity contribution in [1.29, 1.82) is 0 Å². The van der Waals surface area contributed by atoms with E-state index in [2.05, 4.69) is 15.9 Å². The van der Waals surface area contributed by atoms with Crippen LogP contribution in [0.2, 0.25) is 0 Å². The molecule has 64 valence electrons.